The number of aromatic nitrogens is 2. The van der Waals surface area contributed by atoms with Crippen LogP contribution in [0.25, 0.3) is 10.2 Å². The van der Waals surface area contributed by atoms with Crippen LogP contribution in [0, 0.1) is 13.8 Å². The normalized spacial score (nSPS) is 16.8. The van der Waals surface area contributed by atoms with Crippen LogP contribution in [-0.2, 0) is 4.74 Å². The molecule has 1 saturated heterocycles. The number of carbonyl (C=O) groups excluding carboxylic acids is 1. The lowest BCUT2D eigenvalue weighted by atomic mass is 10.0. The van der Waals surface area contributed by atoms with Gasteiger partial charge in [0.1, 0.15) is 10.7 Å². The topological polar surface area (TPSA) is 87.3 Å². The molecule has 0 aliphatic carbocycles. The fourth-order valence-corrected chi connectivity index (χ4v) is 4.39. The van der Waals surface area contributed by atoms with Crippen molar-refractivity contribution in [1.29, 1.82) is 0 Å². The van der Waals surface area contributed by atoms with Gasteiger partial charge in [-0.15, -0.1) is 11.3 Å². The lowest BCUT2D eigenvalue weighted by Gasteiger charge is -2.33. The molecule has 1 aliphatic heterocycles. The third-order valence-electron chi connectivity index (χ3n) is 4.97. The Morgan fingerprint density at radius 3 is 2.77 bits per heavy atom. The number of amides is 1. The zero-order valence-corrected chi connectivity index (χ0v) is 16.5. The van der Waals surface area contributed by atoms with E-state index in [2.05, 4.69) is 15.3 Å². The van der Waals surface area contributed by atoms with Crippen molar-refractivity contribution >= 4 is 27.6 Å². The number of fused-ring (bicyclic) bond motifs is 1. The number of H-pyrrole nitrogens is 1. The van der Waals surface area contributed by atoms with Crippen molar-refractivity contribution in [3.05, 3.63) is 26.6 Å². The minimum absolute atomic E-state index is 0.0612. The van der Waals surface area contributed by atoms with Crippen molar-refractivity contribution in [2.24, 2.45) is 0 Å². The van der Waals surface area contributed by atoms with Crippen LogP contribution in [0.2, 0.25) is 0 Å². The number of nitrogens with zero attached hydrogens (tertiary/aromatic N) is 2. The number of thiophene rings is 1. The van der Waals surface area contributed by atoms with Crippen LogP contribution in [0.5, 0.6) is 0 Å². The van der Waals surface area contributed by atoms with E-state index in [1.165, 1.54) is 0 Å². The van der Waals surface area contributed by atoms with Gasteiger partial charge in [-0.3, -0.25) is 4.79 Å². The summed E-state index contributed by atoms with van der Waals surface area (Å²) in [5.74, 6) is 0.663. The van der Waals surface area contributed by atoms with Gasteiger partial charge in [0.05, 0.1) is 18.0 Å². The monoisotopic (exact) mass is 378 g/mol. The largest absolute Gasteiger partial charge is 0.450 e. The van der Waals surface area contributed by atoms with E-state index in [4.69, 9.17) is 4.74 Å². The molecule has 0 bridgehead atoms. The molecule has 2 aromatic heterocycles. The molecular formula is C18H26N4O3S. The highest BCUT2D eigenvalue weighted by molar-refractivity contribution is 7.18. The van der Waals surface area contributed by atoms with Crippen LogP contribution in [-0.4, -0.2) is 46.7 Å². The molecular weight excluding hydrogens is 352 g/mol. The predicted molar refractivity (Wildman–Crippen MR) is 103 cm³/mol. The Balaban J connectivity index is 1.66. The van der Waals surface area contributed by atoms with Gasteiger partial charge >= 0.3 is 6.09 Å². The maximum Gasteiger partial charge on any atom is 0.409 e. The molecule has 26 heavy (non-hydrogen) atoms. The number of hydrogen-bond donors (Lipinski definition) is 2. The maximum atomic E-state index is 12.4. The molecule has 1 aliphatic rings. The van der Waals surface area contributed by atoms with Gasteiger partial charge in [-0.25, -0.2) is 9.78 Å². The summed E-state index contributed by atoms with van der Waals surface area (Å²) < 4.78 is 5.05. The first kappa shape index (κ1) is 18.8. The average molecular weight is 378 g/mol. The summed E-state index contributed by atoms with van der Waals surface area (Å²) in [4.78, 5) is 35.5. The Bertz CT molecular complexity index is 852. The fourth-order valence-electron chi connectivity index (χ4n) is 3.35. The van der Waals surface area contributed by atoms with Crippen LogP contribution in [0.1, 0.15) is 49.0 Å². The summed E-state index contributed by atoms with van der Waals surface area (Å²) in [5, 5.41) is 4.23. The van der Waals surface area contributed by atoms with Gasteiger partial charge in [0.2, 0.25) is 0 Å². The van der Waals surface area contributed by atoms with Crippen LogP contribution >= 0.6 is 11.3 Å². The van der Waals surface area contributed by atoms with Gasteiger partial charge in [-0.1, -0.05) is 0 Å². The van der Waals surface area contributed by atoms with E-state index in [0.717, 1.165) is 28.1 Å². The lowest BCUT2D eigenvalue weighted by molar-refractivity contribution is 0.0943. The van der Waals surface area contributed by atoms with Gasteiger partial charge in [0, 0.05) is 24.0 Å². The predicted octanol–water partition coefficient (Wildman–Crippen LogP) is 2.87. The van der Waals surface area contributed by atoms with Crippen molar-refractivity contribution < 1.29 is 9.53 Å². The molecule has 2 aromatic rings. The number of carbonyl (C=O) groups is 1. The van der Waals surface area contributed by atoms with E-state index in [1.54, 1.807) is 16.2 Å². The van der Waals surface area contributed by atoms with Crippen LogP contribution in [0.4, 0.5) is 4.79 Å². The standard InChI is InChI=1S/C18H26N4O3S/c1-5-25-18(24)22-8-6-13(7-9-22)19-11(3)15-20-16(23)14-10(2)12(4)26-17(14)21-15/h11,13,19H,5-9H2,1-4H3,(H,20,21,23). The fraction of sp³-hybridized carbons (Fsp3) is 0.611. The summed E-state index contributed by atoms with van der Waals surface area (Å²) in [6.45, 7) is 9.55. The van der Waals surface area contributed by atoms with Crippen molar-refractivity contribution in [2.75, 3.05) is 19.7 Å². The second-order valence-electron chi connectivity index (χ2n) is 6.76. The Morgan fingerprint density at radius 2 is 2.12 bits per heavy atom. The molecule has 0 radical (unpaired) electrons. The van der Waals surface area contributed by atoms with Gasteiger partial charge in [-0.2, -0.15) is 0 Å². The van der Waals surface area contributed by atoms with Crippen LogP contribution < -0.4 is 10.9 Å². The molecule has 0 aromatic carbocycles. The molecule has 2 N–H and O–H groups in total. The molecule has 1 atom stereocenters. The molecule has 0 saturated carbocycles. The van der Waals surface area contributed by atoms with Gasteiger partial charge in [-0.05, 0) is 46.1 Å². The molecule has 1 amide bonds. The highest BCUT2D eigenvalue weighted by Crippen LogP contribution is 2.26. The number of hydrogen-bond acceptors (Lipinski definition) is 6. The van der Waals surface area contributed by atoms with Crippen molar-refractivity contribution in [3.63, 3.8) is 0 Å². The number of ether oxygens (including phenoxy) is 1. The van der Waals surface area contributed by atoms with E-state index in [9.17, 15) is 9.59 Å². The minimum atomic E-state index is -0.237. The Hall–Kier alpha value is -1.93. The molecule has 3 heterocycles. The number of likely N-dealkylation sites (tertiary alicyclic amines) is 1. The number of nitrogens with one attached hydrogen (secondary N) is 2. The van der Waals surface area contributed by atoms with E-state index in [1.807, 2.05) is 27.7 Å². The molecule has 1 fully saturated rings. The Morgan fingerprint density at radius 1 is 1.42 bits per heavy atom. The van der Waals surface area contributed by atoms with E-state index < -0.39 is 0 Å². The maximum absolute atomic E-state index is 12.4. The van der Waals surface area contributed by atoms with Crippen molar-refractivity contribution in [1.82, 2.24) is 20.2 Å². The first-order valence-electron chi connectivity index (χ1n) is 9.08. The Labute approximate surface area is 156 Å². The third kappa shape index (κ3) is 3.76. The molecule has 7 nitrogen and oxygen atoms in total. The number of piperidine rings is 1. The highest BCUT2D eigenvalue weighted by atomic mass is 32.1. The SMILES string of the molecule is CCOC(=O)N1CCC(NC(C)c2nc3sc(C)c(C)c3c(=O)[nH]2)CC1. The van der Waals surface area contributed by atoms with Crippen molar-refractivity contribution in [2.45, 2.75) is 52.6 Å². The molecule has 3 rings (SSSR count). The first-order chi connectivity index (χ1) is 12.4. The lowest BCUT2D eigenvalue weighted by Crippen LogP contribution is -2.45. The minimum Gasteiger partial charge on any atom is -0.450 e. The molecule has 1 unspecified atom stereocenters. The quantitative estimate of drug-likeness (QED) is 0.854. The second kappa shape index (κ2) is 7.75. The molecule has 8 heteroatoms. The number of rotatable bonds is 4. The summed E-state index contributed by atoms with van der Waals surface area (Å²) in [5.41, 5.74) is 0.940. The zero-order chi connectivity index (χ0) is 18.8. The van der Waals surface area contributed by atoms with E-state index in [-0.39, 0.29) is 23.7 Å². The number of aryl methyl sites for hydroxylation is 2. The van der Waals surface area contributed by atoms with E-state index in [0.29, 0.717) is 30.9 Å². The number of aromatic amines is 1. The molecule has 142 valence electrons. The summed E-state index contributed by atoms with van der Waals surface area (Å²) >= 11 is 1.56. The second-order valence-corrected chi connectivity index (χ2v) is 7.97. The highest BCUT2D eigenvalue weighted by Gasteiger charge is 2.25. The van der Waals surface area contributed by atoms with Crippen molar-refractivity contribution in [3.8, 4) is 0 Å². The zero-order valence-electron chi connectivity index (χ0n) is 15.7. The van der Waals surface area contributed by atoms with E-state index >= 15 is 0 Å². The summed E-state index contributed by atoms with van der Waals surface area (Å²) in [6, 6.07) is 0.220. The molecule has 0 spiro atoms. The first-order valence-corrected chi connectivity index (χ1v) is 9.90. The third-order valence-corrected chi connectivity index (χ3v) is 6.08. The summed E-state index contributed by atoms with van der Waals surface area (Å²) in [7, 11) is 0. The summed E-state index contributed by atoms with van der Waals surface area (Å²) in [6.07, 6.45) is 1.47. The smallest absolute Gasteiger partial charge is 0.409 e. The van der Waals surface area contributed by atoms with Crippen LogP contribution in [0.15, 0.2) is 4.79 Å². The Kier molecular flexibility index (Phi) is 5.62. The van der Waals surface area contributed by atoms with Crippen LogP contribution in [0.3, 0.4) is 0 Å². The average Bonchev–Trinajstić information content (AvgIpc) is 2.90. The van der Waals surface area contributed by atoms with Gasteiger partial charge in [0.25, 0.3) is 5.56 Å². The van der Waals surface area contributed by atoms with Gasteiger partial charge in [0.15, 0.2) is 0 Å². The van der Waals surface area contributed by atoms with Gasteiger partial charge < -0.3 is 19.9 Å².